The number of pyridine rings is 1. The highest BCUT2D eigenvalue weighted by Crippen LogP contribution is 2.19. The number of aliphatic carboxylic acids is 1. The van der Waals surface area contributed by atoms with Gasteiger partial charge in [0.05, 0.1) is 12.8 Å². The first-order valence-corrected chi connectivity index (χ1v) is 5.53. The van der Waals surface area contributed by atoms with E-state index in [9.17, 15) is 9.59 Å². The summed E-state index contributed by atoms with van der Waals surface area (Å²) < 4.78 is 0. The SMILES string of the molecule is O=C(O)CC1CN(C(=O)Cc2cccnc2)C1. The summed E-state index contributed by atoms with van der Waals surface area (Å²) >= 11 is 0. The minimum absolute atomic E-state index is 0.0413. The van der Waals surface area contributed by atoms with Gasteiger partial charge in [0.15, 0.2) is 0 Å². The third kappa shape index (κ3) is 3.03. The lowest BCUT2D eigenvalue weighted by molar-refractivity contribution is -0.144. The van der Waals surface area contributed by atoms with Crippen LogP contribution in [-0.4, -0.2) is 40.0 Å². The molecule has 1 aliphatic heterocycles. The number of carbonyl (C=O) groups excluding carboxylic acids is 1. The summed E-state index contributed by atoms with van der Waals surface area (Å²) in [7, 11) is 0. The minimum Gasteiger partial charge on any atom is -0.481 e. The molecule has 1 amide bonds. The summed E-state index contributed by atoms with van der Waals surface area (Å²) in [5, 5.41) is 8.60. The number of likely N-dealkylation sites (tertiary alicyclic amines) is 1. The van der Waals surface area contributed by atoms with Crippen LogP contribution in [0.3, 0.4) is 0 Å². The zero-order chi connectivity index (χ0) is 12.3. The van der Waals surface area contributed by atoms with Gasteiger partial charge in [-0.2, -0.15) is 0 Å². The second-order valence-electron chi connectivity index (χ2n) is 4.30. The topological polar surface area (TPSA) is 70.5 Å². The normalized spacial score (nSPS) is 15.4. The highest BCUT2D eigenvalue weighted by atomic mass is 16.4. The van der Waals surface area contributed by atoms with Crippen molar-refractivity contribution in [2.75, 3.05) is 13.1 Å². The maximum absolute atomic E-state index is 11.8. The molecule has 1 aromatic rings. The van der Waals surface area contributed by atoms with Crippen LogP contribution in [0.2, 0.25) is 0 Å². The fourth-order valence-electron chi connectivity index (χ4n) is 1.94. The number of carboxylic acid groups (broad SMARTS) is 1. The molecule has 0 aromatic carbocycles. The Balaban J connectivity index is 1.78. The molecule has 5 nitrogen and oxygen atoms in total. The Kier molecular flexibility index (Phi) is 3.37. The molecule has 1 saturated heterocycles. The molecule has 0 saturated carbocycles. The Hall–Kier alpha value is -1.91. The lowest BCUT2D eigenvalue weighted by Gasteiger charge is -2.38. The second-order valence-corrected chi connectivity index (χ2v) is 4.30. The monoisotopic (exact) mass is 234 g/mol. The first-order valence-electron chi connectivity index (χ1n) is 5.53. The number of rotatable bonds is 4. The van der Waals surface area contributed by atoms with E-state index in [0.717, 1.165) is 5.56 Å². The molecule has 2 heterocycles. The van der Waals surface area contributed by atoms with Crippen LogP contribution < -0.4 is 0 Å². The number of nitrogens with zero attached hydrogens (tertiary/aromatic N) is 2. The molecule has 0 unspecified atom stereocenters. The fourth-order valence-corrected chi connectivity index (χ4v) is 1.94. The molecule has 90 valence electrons. The quantitative estimate of drug-likeness (QED) is 0.826. The van der Waals surface area contributed by atoms with Gasteiger partial charge >= 0.3 is 5.97 Å². The second kappa shape index (κ2) is 4.95. The highest BCUT2D eigenvalue weighted by Gasteiger charge is 2.31. The van der Waals surface area contributed by atoms with Crippen molar-refractivity contribution in [3.8, 4) is 0 Å². The van der Waals surface area contributed by atoms with Crippen LogP contribution in [0.15, 0.2) is 24.5 Å². The number of aromatic nitrogens is 1. The summed E-state index contributed by atoms with van der Waals surface area (Å²) in [5.74, 6) is -0.639. The van der Waals surface area contributed by atoms with Crippen molar-refractivity contribution in [2.45, 2.75) is 12.8 Å². The van der Waals surface area contributed by atoms with E-state index in [1.54, 1.807) is 23.4 Å². The molecule has 5 heteroatoms. The maximum Gasteiger partial charge on any atom is 0.303 e. The van der Waals surface area contributed by atoms with Gasteiger partial charge < -0.3 is 10.0 Å². The van der Waals surface area contributed by atoms with Crippen LogP contribution in [0.1, 0.15) is 12.0 Å². The Morgan fingerprint density at radius 1 is 1.47 bits per heavy atom. The highest BCUT2D eigenvalue weighted by molar-refractivity contribution is 5.79. The van der Waals surface area contributed by atoms with Gasteiger partial charge in [-0.3, -0.25) is 14.6 Å². The predicted molar refractivity (Wildman–Crippen MR) is 60.3 cm³/mol. The molecule has 2 rings (SSSR count). The zero-order valence-electron chi connectivity index (χ0n) is 9.37. The molecular formula is C12H14N2O3. The number of hydrogen-bond donors (Lipinski definition) is 1. The third-order valence-corrected chi connectivity index (χ3v) is 2.85. The summed E-state index contributed by atoms with van der Waals surface area (Å²) in [6.07, 6.45) is 3.83. The molecule has 0 bridgehead atoms. The molecule has 0 spiro atoms. The Morgan fingerprint density at radius 2 is 2.24 bits per heavy atom. The van der Waals surface area contributed by atoms with Crippen LogP contribution in [0, 0.1) is 5.92 Å². The summed E-state index contributed by atoms with van der Waals surface area (Å²) in [5.41, 5.74) is 0.888. The Bertz CT molecular complexity index is 413. The molecule has 1 N–H and O–H groups in total. The maximum atomic E-state index is 11.8. The van der Waals surface area contributed by atoms with E-state index in [4.69, 9.17) is 5.11 Å². The molecule has 0 atom stereocenters. The van der Waals surface area contributed by atoms with E-state index in [2.05, 4.69) is 4.98 Å². The number of carboxylic acids is 1. The number of carbonyl (C=O) groups is 2. The molecule has 0 radical (unpaired) electrons. The Morgan fingerprint density at radius 3 is 2.82 bits per heavy atom. The summed E-state index contributed by atoms with van der Waals surface area (Å²) in [6, 6.07) is 3.66. The van der Waals surface area contributed by atoms with Gasteiger partial charge in [-0.15, -0.1) is 0 Å². The van der Waals surface area contributed by atoms with Gasteiger partial charge in [0.2, 0.25) is 5.91 Å². The molecular weight excluding hydrogens is 220 g/mol. The van der Waals surface area contributed by atoms with Crippen LogP contribution in [-0.2, 0) is 16.0 Å². The van der Waals surface area contributed by atoms with Crippen molar-refractivity contribution < 1.29 is 14.7 Å². The van der Waals surface area contributed by atoms with Gasteiger partial charge in [0.25, 0.3) is 0 Å². The van der Waals surface area contributed by atoms with Crippen LogP contribution in [0.4, 0.5) is 0 Å². The van der Waals surface area contributed by atoms with Gasteiger partial charge in [-0.05, 0) is 11.6 Å². The average Bonchev–Trinajstić information content (AvgIpc) is 2.23. The van der Waals surface area contributed by atoms with Crippen LogP contribution in [0.25, 0.3) is 0 Å². The lowest BCUT2D eigenvalue weighted by atomic mass is 9.95. The van der Waals surface area contributed by atoms with Gasteiger partial charge in [-0.25, -0.2) is 0 Å². The van der Waals surface area contributed by atoms with Crippen molar-refractivity contribution >= 4 is 11.9 Å². The van der Waals surface area contributed by atoms with Crippen molar-refractivity contribution in [3.63, 3.8) is 0 Å². The minimum atomic E-state index is -0.797. The lowest BCUT2D eigenvalue weighted by Crippen LogP contribution is -2.51. The van der Waals surface area contributed by atoms with E-state index < -0.39 is 5.97 Å². The molecule has 1 aliphatic rings. The average molecular weight is 234 g/mol. The predicted octanol–water partition coefficient (Wildman–Crippen LogP) is 0.557. The molecule has 17 heavy (non-hydrogen) atoms. The molecule has 1 aromatic heterocycles. The van der Waals surface area contributed by atoms with Crippen molar-refractivity contribution in [1.29, 1.82) is 0 Å². The third-order valence-electron chi connectivity index (χ3n) is 2.85. The van der Waals surface area contributed by atoms with Crippen molar-refractivity contribution in [2.24, 2.45) is 5.92 Å². The van der Waals surface area contributed by atoms with E-state index in [1.807, 2.05) is 6.07 Å². The Labute approximate surface area is 99.1 Å². The van der Waals surface area contributed by atoms with E-state index in [0.29, 0.717) is 19.5 Å². The first-order chi connectivity index (χ1) is 8.15. The van der Waals surface area contributed by atoms with Gasteiger partial charge in [0.1, 0.15) is 0 Å². The van der Waals surface area contributed by atoms with Crippen LogP contribution in [0.5, 0.6) is 0 Å². The van der Waals surface area contributed by atoms with E-state index in [-0.39, 0.29) is 18.2 Å². The van der Waals surface area contributed by atoms with Crippen molar-refractivity contribution in [1.82, 2.24) is 9.88 Å². The summed E-state index contributed by atoms with van der Waals surface area (Å²) in [4.78, 5) is 27.9. The first kappa shape index (κ1) is 11.6. The molecule has 1 fully saturated rings. The van der Waals surface area contributed by atoms with Gasteiger partial charge in [-0.1, -0.05) is 6.07 Å². The van der Waals surface area contributed by atoms with Gasteiger partial charge in [0, 0.05) is 31.4 Å². The van der Waals surface area contributed by atoms with E-state index in [1.165, 1.54) is 0 Å². The van der Waals surface area contributed by atoms with E-state index >= 15 is 0 Å². The smallest absolute Gasteiger partial charge is 0.303 e. The zero-order valence-corrected chi connectivity index (χ0v) is 9.37. The number of amides is 1. The largest absolute Gasteiger partial charge is 0.481 e. The number of hydrogen-bond acceptors (Lipinski definition) is 3. The standard InChI is InChI=1S/C12H14N2O3/c15-11(4-9-2-1-3-13-6-9)14-7-10(8-14)5-12(16)17/h1-3,6,10H,4-5,7-8H2,(H,16,17). The summed E-state index contributed by atoms with van der Waals surface area (Å²) in [6.45, 7) is 1.12. The molecule has 0 aliphatic carbocycles. The fraction of sp³-hybridized carbons (Fsp3) is 0.417. The van der Waals surface area contributed by atoms with Crippen LogP contribution >= 0.6 is 0 Å². The van der Waals surface area contributed by atoms with Crippen molar-refractivity contribution in [3.05, 3.63) is 30.1 Å².